The number of hydrogen-bond acceptors (Lipinski definition) is 2. The number of rotatable bonds is 3. The molecule has 1 unspecified atom stereocenters. The smallest absolute Gasteiger partial charge is 0.314 e. The molecule has 7 heteroatoms. The lowest BCUT2D eigenvalue weighted by Gasteiger charge is -2.36. The zero-order chi connectivity index (χ0) is 18.0. The third-order valence-electron chi connectivity index (χ3n) is 4.33. The highest BCUT2D eigenvalue weighted by molar-refractivity contribution is 6.35. The van der Waals surface area contributed by atoms with Crippen molar-refractivity contribution in [2.24, 2.45) is 0 Å². The lowest BCUT2D eigenvalue weighted by Crippen LogP contribution is -2.45. The van der Waals surface area contributed by atoms with Gasteiger partial charge < -0.3 is 5.32 Å². The molecule has 25 heavy (non-hydrogen) atoms. The molecule has 0 saturated carbocycles. The molecule has 0 radical (unpaired) electrons. The zero-order valence-electron chi connectivity index (χ0n) is 13.3. The summed E-state index contributed by atoms with van der Waals surface area (Å²) in [5.74, 6) is 0. The van der Waals surface area contributed by atoms with Crippen LogP contribution in [0.5, 0.6) is 0 Å². The maximum atomic E-state index is 12.9. The Morgan fingerprint density at radius 1 is 0.960 bits per heavy atom. The summed E-state index contributed by atoms with van der Waals surface area (Å²) in [6.07, 6.45) is -4.35. The SMILES string of the molecule is FC(F)(F)c1ccc(C(c2ccc(Cl)cc2Cl)N2CCNCC2)cc1. The lowest BCUT2D eigenvalue weighted by atomic mass is 9.95. The van der Waals surface area contributed by atoms with E-state index in [0.717, 1.165) is 49.4 Å². The number of halogens is 5. The molecule has 0 bridgehead atoms. The van der Waals surface area contributed by atoms with Gasteiger partial charge in [-0.2, -0.15) is 13.2 Å². The molecule has 0 aromatic heterocycles. The summed E-state index contributed by atoms with van der Waals surface area (Å²) in [6.45, 7) is 3.21. The normalized spacial score (nSPS) is 17.5. The van der Waals surface area contributed by atoms with Gasteiger partial charge in [0.25, 0.3) is 0 Å². The second-order valence-corrected chi connectivity index (χ2v) is 6.82. The molecule has 1 saturated heterocycles. The first-order valence-corrected chi connectivity index (χ1v) is 8.69. The predicted octanol–water partition coefficient (Wildman–Crippen LogP) is 5.01. The van der Waals surface area contributed by atoms with E-state index in [9.17, 15) is 13.2 Å². The van der Waals surface area contributed by atoms with Crippen LogP contribution in [-0.4, -0.2) is 31.1 Å². The fourth-order valence-corrected chi connectivity index (χ4v) is 3.62. The molecule has 0 amide bonds. The van der Waals surface area contributed by atoms with E-state index in [-0.39, 0.29) is 6.04 Å². The quantitative estimate of drug-likeness (QED) is 0.794. The zero-order valence-corrected chi connectivity index (χ0v) is 14.8. The van der Waals surface area contributed by atoms with E-state index in [1.54, 1.807) is 12.1 Å². The number of nitrogens with zero attached hydrogens (tertiary/aromatic N) is 1. The van der Waals surface area contributed by atoms with Gasteiger partial charge in [0.15, 0.2) is 0 Å². The van der Waals surface area contributed by atoms with Gasteiger partial charge in [-0.15, -0.1) is 0 Å². The highest BCUT2D eigenvalue weighted by atomic mass is 35.5. The van der Waals surface area contributed by atoms with Crippen LogP contribution >= 0.6 is 23.2 Å². The first kappa shape index (κ1) is 18.5. The first-order valence-electron chi connectivity index (χ1n) is 7.93. The van der Waals surface area contributed by atoms with E-state index in [2.05, 4.69) is 10.2 Å². The Balaban J connectivity index is 2.01. The second-order valence-electron chi connectivity index (χ2n) is 5.97. The summed E-state index contributed by atoms with van der Waals surface area (Å²) in [5.41, 5.74) is 0.962. The summed E-state index contributed by atoms with van der Waals surface area (Å²) in [6, 6.07) is 10.3. The molecule has 1 N–H and O–H groups in total. The number of nitrogens with one attached hydrogen (secondary N) is 1. The van der Waals surface area contributed by atoms with Crippen molar-refractivity contribution in [2.45, 2.75) is 12.2 Å². The van der Waals surface area contributed by atoms with E-state index in [1.807, 2.05) is 6.07 Å². The summed E-state index contributed by atoms with van der Waals surface area (Å²) < 4.78 is 38.6. The first-order chi connectivity index (χ1) is 11.9. The molecule has 2 aromatic carbocycles. The van der Waals surface area contributed by atoms with E-state index in [4.69, 9.17) is 23.2 Å². The standard InChI is InChI=1S/C18H17Cl2F3N2/c19-14-5-6-15(16(20)11-14)17(25-9-7-24-8-10-25)12-1-3-13(4-2-12)18(21,22)23/h1-6,11,17,24H,7-10H2. The van der Waals surface area contributed by atoms with Gasteiger partial charge in [-0.3, -0.25) is 4.90 Å². The average Bonchev–Trinajstić information content (AvgIpc) is 2.58. The van der Waals surface area contributed by atoms with Crippen LogP contribution in [0.2, 0.25) is 10.0 Å². The Morgan fingerprint density at radius 2 is 1.60 bits per heavy atom. The van der Waals surface area contributed by atoms with Gasteiger partial charge >= 0.3 is 6.18 Å². The predicted molar refractivity (Wildman–Crippen MR) is 94.2 cm³/mol. The fraction of sp³-hybridized carbons (Fsp3) is 0.333. The number of benzene rings is 2. The van der Waals surface area contributed by atoms with Crippen molar-refractivity contribution in [3.8, 4) is 0 Å². The minimum absolute atomic E-state index is 0.214. The fourth-order valence-electron chi connectivity index (χ4n) is 3.11. The number of piperazine rings is 1. The van der Waals surface area contributed by atoms with Gasteiger partial charge in [0.05, 0.1) is 11.6 Å². The van der Waals surface area contributed by atoms with Crippen LogP contribution in [0.25, 0.3) is 0 Å². The summed E-state index contributed by atoms with van der Waals surface area (Å²) in [7, 11) is 0. The summed E-state index contributed by atoms with van der Waals surface area (Å²) >= 11 is 12.4. The van der Waals surface area contributed by atoms with E-state index in [1.165, 1.54) is 12.1 Å². The third-order valence-corrected chi connectivity index (χ3v) is 4.89. The molecule has 0 spiro atoms. The van der Waals surface area contributed by atoms with Crippen molar-refractivity contribution in [1.29, 1.82) is 0 Å². The van der Waals surface area contributed by atoms with Crippen molar-refractivity contribution in [2.75, 3.05) is 26.2 Å². The average molecular weight is 389 g/mol. The minimum atomic E-state index is -4.35. The highest BCUT2D eigenvalue weighted by Gasteiger charge is 2.31. The monoisotopic (exact) mass is 388 g/mol. The molecular weight excluding hydrogens is 372 g/mol. The Hall–Kier alpha value is -1.27. The van der Waals surface area contributed by atoms with Gasteiger partial charge in [0, 0.05) is 36.2 Å². The molecule has 0 aliphatic carbocycles. The second kappa shape index (κ2) is 7.54. The van der Waals surface area contributed by atoms with Crippen LogP contribution in [0.1, 0.15) is 22.7 Å². The molecule has 1 aliphatic heterocycles. The molecular formula is C18H17Cl2F3N2. The van der Waals surface area contributed by atoms with Gasteiger partial charge in [-0.25, -0.2) is 0 Å². The third kappa shape index (κ3) is 4.29. The van der Waals surface area contributed by atoms with E-state index >= 15 is 0 Å². The van der Waals surface area contributed by atoms with Gasteiger partial charge in [-0.05, 0) is 35.4 Å². The van der Waals surface area contributed by atoms with Crippen LogP contribution < -0.4 is 5.32 Å². The van der Waals surface area contributed by atoms with Crippen molar-refractivity contribution < 1.29 is 13.2 Å². The molecule has 1 aliphatic rings. The molecule has 134 valence electrons. The maximum Gasteiger partial charge on any atom is 0.416 e. The molecule has 2 aromatic rings. The maximum absolute atomic E-state index is 12.9. The number of hydrogen-bond donors (Lipinski definition) is 1. The topological polar surface area (TPSA) is 15.3 Å². The van der Waals surface area contributed by atoms with Gasteiger partial charge in [-0.1, -0.05) is 41.4 Å². The Labute approximate surface area is 154 Å². The van der Waals surface area contributed by atoms with Crippen LogP contribution in [0.3, 0.4) is 0 Å². The summed E-state index contributed by atoms with van der Waals surface area (Å²) in [5, 5.41) is 4.32. The summed E-state index contributed by atoms with van der Waals surface area (Å²) in [4.78, 5) is 2.22. The Bertz CT molecular complexity index is 726. The molecule has 1 atom stereocenters. The van der Waals surface area contributed by atoms with E-state index in [0.29, 0.717) is 10.0 Å². The van der Waals surface area contributed by atoms with Crippen molar-refractivity contribution >= 4 is 23.2 Å². The van der Waals surface area contributed by atoms with Crippen LogP contribution in [0.4, 0.5) is 13.2 Å². The van der Waals surface area contributed by atoms with Gasteiger partial charge in [0.1, 0.15) is 0 Å². The molecule has 3 rings (SSSR count). The Morgan fingerprint density at radius 3 is 2.16 bits per heavy atom. The molecule has 1 heterocycles. The highest BCUT2D eigenvalue weighted by Crippen LogP contribution is 2.36. The molecule has 1 fully saturated rings. The van der Waals surface area contributed by atoms with Crippen LogP contribution in [0.15, 0.2) is 42.5 Å². The van der Waals surface area contributed by atoms with Crippen LogP contribution in [0, 0.1) is 0 Å². The number of alkyl halides is 3. The van der Waals surface area contributed by atoms with Crippen molar-refractivity contribution in [3.63, 3.8) is 0 Å². The van der Waals surface area contributed by atoms with Crippen LogP contribution in [-0.2, 0) is 6.18 Å². The minimum Gasteiger partial charge on any atom is -0.314 e. The Kier molecular flexibility index (Phi) is 5.58. The lowest BCUT2D eigenvalue weighted by molar-refractivity contribution is -0.137. The van der Waals surface area contributed by atoms with Crippen molar-refractivity contribution in [3.05, 3.63) is 69.2 Å². The largest absolute Gasteiger partial charge is 0.416 e. The van der Waals surface area contributed by atoms with E-state index < -0.39 is 11.7 Å². The van der Waals surface area contributed by atoms with Crippen molar-refractivity contribution in [1.82, 2.24) is 10.2 Å². The van der Waals surface area contributed by atoms with Gasteiger partial charge in [0.2, 0.25) is 0 Å². The molecule has 2 nitrogen and oxygen atoms in total.